The van der Waals surface area contributed by atoms with Crippen molar-refractivity contribution in [3.63, 3.8) is 0 Å². The van der Waals surface area contributed by atoms with E-state index in [0.29, 0.717) is 12.2 Å². The average Bonchev–Trinajstić information content (AvgIpc) is 2.85. The van der Waals surface area contributed by atoms with E-state index in [1.165, 1.54) is 0 Å². The third kappa shape index (κ3) is 3.01. The number of hydrogen-bond donors (Lipinski definition) is 0. The van der Waals surface area contributed by atoms with Crippen molar-refractivity contribution in [2.75, 3.05) is 6.61 Å². The number of carbonyl (C=O) groups is 1. The molecular formula is C16H22O3S. The largest absolute Gasteiger partial charge is 0.377 e. The number of benzene rings is 1. The van der Waals surface area contributed by atoms with Gasteiger partial charge < -0.3 is 4.74 Å². The molecule has 0 aliphatic carbocycles. The molecule has 1 fully saturated rings. The molecule has 0 saturated carbocycles. The van der Waals surface area contributed by atoms with Crippen molar-refractivity contribution in [3.8, 4) is 0 Å². The van der Waals surface area contributed by atoms with Gasteiger partial charge in [-0.25, -0.2) is 0 Å². The Morgan fingerprint density at radius 1 is 1.35 bits per heavy atom. The van der Waals surface area contributed by atoms with Crippen molar-refractivity contribution in [1.29, 1.82) is 0 Å². The molecule has 0 spiro atoms. The molecule has 1 aromatic carbocycles. The standard InChI is InChI=1S/C16H22O3S/c1-10-5-6-14(9-11(10)2)16(17)13(4)20(18)15-7-8-19-12(15)3/h5-6,9,12-13,15H,7-8H2,1-4H3. The maximum absolute atomic E-state index is 12.5. The Bertz CT molecular complexity index is 539. The smallest absolute Gasteiger partial charge is 0.178 e. The molecule has 4 heteroatoms. The second-order valence-electron chi connectivity index (χ2n) is 5.54. The summed E-state index contributed by atoms with van der Waals surface area (Å²) >= 11 is 0. The summed E-state index contributed by atoms with van der Waals surface area (Å²) in [5.74, 6) is -0.0365. The number of ketones is 1. The average molecular weight is 294 g/mol. The molecule has 0 aromatic heterocycles. The molecule has 0 amide bonds. The van der Waals surface area contributed by atoms with Crippen LogP contribution in [0.3, 0.4) is 0 Å². The van der Waals surface area contributed by atoms with Crippen LogP contribution in [0.4, 0.5) is 0 Å². The molecule has 1 heterocycles. The zero-order valence-corrected chi connectivity index (χ0v) is 13.3. The SMILES string of the molecule is Cc1ccc(C(=O)C(C)S(=O)C2CCOC2C)cc1C. The van der Waals surface area contributed by atoms with E-state index in [2.05, 4.69) is 0 Å². The second kappa shape index (κ2) is 6.19. The summed E-state index contributed by atoms with van der Waals surface area (Å²) in [6.07, 6.45) is 0.754. The molecule has 1 aromatic rings. The maximum Gasteiger partial charge on any atom is 0.178 e. The molecule has 1 aliphatic heterocycles. The predicted molar refractivity (Wildman–Crippen MR) is 81.7 cm³/mol. The fourth-order valence-corrected chi connectivity index (χ4v) is 4.17. The van der Waals surface area contributed by atoms with Crippen LogP contribution >= 0.6 is 0 Å². The van der Waals surface area contributed by atoms with E-state index in [1.807, 2.05) is 39.0 Å². The predicted octanol–water partition coefficient (Wildman–Crippen LogP) is 2.80. The molecular weight excluding hydrogens is 272 g/mol. The lowest BCUT2D eigenvalue weighted by molar-refractivity contribution is 0.0991. The third-order valence-electron chi connectivity index (χ3n) is 4.11. The fourth-order valence-electron chi connectivity index (χ4n) is 2.51. The highest BCUT2D eigenvalue weighted by Gasteiger charge is 2.35. The van der Waals surface area contributed by atoms with Crippen LogP contribution in [0.1, 0.15) is 41.8 Å². The summed E-state index contributed by atoms with van der Waals surface area (Å²) in [6.45, 7) is 8.34. The molecule has 1 saturated heterocycles. The molecule has 4 atom stereocenters. The zero-order chi connectivity index (χ0) is 14.9. The summed E-state index contributed by atoms with van der Waals surface area (Å²) in [4.78, 5) is 12.5. The van der Waals surface area contributed by atoms with Gasteiger partial charge in [-0.15, -0.1) is 0 Å². The van der Waals surface area contributed by atoms with Crippen LogP contribution < -0.4 is 0 Å². The Kier molecular flexibility index (Phi) is 4.76. The fraction of sp³-hybridized carbons (Fsp3) is 0.562. The Hall–Kier alpha value is -1.00. The first-order chi connectivity index (χ1) is 9.41. The number of aryl methyl sites for hydroxylation is 2. The first kappa shape index (κ1) is 15.4. The third-order valence-corrected chi connectivity index (χ3v) is 6.24. The summed E-state index contributed by atoms with van der Waals surface area (Å²) < 4.78 is 18.0. The van der Waals surface area contributed by atoms with E-state index in [9.17, 15) is 9.00 Å². The highest BCUT2D eigenvalue weighted by atomic mass is 32.2. The van der Waals surface area contributed by atoms with Crippen molar-refractivity contribution in [3.05, 3.63) is 34.9 Å². The van der Waals surface area contributed by atoms with Crippen molar-refractivity contribution in [2.24, 2.45) is 0 Å². The summed E-state index contributed by atoms with van der Waals surface area (Å²) in [7, 11) is -1.19. The molecule has 0 N–H and O–H groups in total. The summed E-state index contributed by atoms with van der Waals surface area (Å²) in [6, 6.07) is 5.66. The first-order valence-electron chi connectivity index (χ1n) is 7.04. The van der Waals surface area contributed by atoms with Crippen molar-refractivity contribution in [1.82, 2.24) is 0 Å². The van der Waals surface area contributed by atoms with Crippen LogP contribution in [0.15, 0.2) is 18.2 Å². The van der Waals surface area contributed by atoms with Gasteiger partial charge in [0.15, 0.2) is 5.78 Å². The lowest BCUT2D eigenvalue weighted by Gasteiger charge is -2.18. The number of rotatable bonds is 4. The number of hydrogen-bond acceptors (Lipinski definition) is 3. The van der Waals surface area contributed by atoms with Gasteiger partial charge in [0.05, 0.1) is 16.6 Å². The van der Waals surface area contributed by atoms with Gasteiger partial charge in [-0.2, -0.15) is 0 Å². The quantitative estimate of drug-likeness (QED) is 0.802. The number of carbonyl (C=O) groups excluding carboxylic acids is 1. The second-order valence-corrected chi connectivity index (χ2v) is 7.51. The lowest BCUT2D eigenvalue weighted by atomic mass is 10.0. The van der Waals surface area contributed by atoms with Crippen LogP contribution in [0, 0.1) is 13.8 Å². The molecule has 0 bridgehead atoms. The van der Waals surface area contributed by atoms with E-state index < -0.39 is 16.0 Å². The Morgan fingerprint density at radius 3 is 2.60 bits per heavy atom. The molecule has 1 aliphatic rings. The minimum atomic E-state index is -1.19. The van der Waals surface area contributed by atoms with Crippen molar-refractivity contribution >= 4 is 16.6 Å². The lowest BCUT2D eigenvalue weighted by Crippen LogP contribution is -2.34. The number of ether oxygens (including phenoxy) is 1. The maximum atomic E-state index is 12.5. The minimum absolute atomic E-state index is 0.0224. The molecule has 0 radical (unpaired) electrons. The van der Waals surface area contributed by atoms with Crippen LogP contribution in [-0.2, 0) is 15.5 Å². The Balaban J connectivity index is 2.15. The Morgan fingerprint density at radius 2 is 2.05 bits per heavy atom. The molecule has 110 valence electrons. The highest BCUT2D eigenvalue weighted by Crippen LogP contribution is 2.23. The Labute approximate surface area is 123 Å². The van der Waals surface area contributed by atoms with Gasteiger partial charge >= 0.3 is 0 Å². The molecule has 20 heavy (non-hydrogen) atoms. The van der Waals surface area contributed by atoms with Gasteiger partial charge in [0.2, 0.25) is 0 Å². The van der Waals surface area contributed by atoms with E-state index in [-0.39, 0.29) is 17.1 Å². The van der Waals surface area contributed by atoms with Crippen LogP contribution in [0.25, 0.3) is 0 Å². The van der Waals surface area contributed by atoms with Crippen molar-refractivity contribution < 1.29 is 13.7 Å². The molecule has 4 unspecified atom stereocenters. The summed E-state index contributed by atoms with van der Waals surface area (Å²) in [5.41, 5.74) is 2.90. The van der Waals surface area contributed by atoms with Gasteiger partial charge in [0.25, 0.3) is 0 Å². The minimum Gasteiger partial charge on any atom is -0.377 e. The first-order valence-corrected chi connectivity index (χ1v) is 8.32. The topological polar surface area (TPSA) is 43.4 Å². The van der Waals surface area contributed by atoms with Gasteiger partial charge in [-0.1, -0.05) is 12.1 Å². The van der Waals surface area contributed by atoms with E-state index in [1.54, 1.807) is 6.92 Å². The normalized spacial score (nSPS) is 25.4. The van der Waals surface area contributed by atoms with Gasteiger partial charge in [0, 0.05) is 23.0 Å². The van der Waals surface area contributed by atoms with Gasteiger partial charge in [0.1, 0.15) is 0 Å². The van der Waals surface area contributed by atoms with Crippen LogP contribution in [0.5, 0.6) is 0 Å². The monoisotopic (exact) mass is 294 g/mol. The van der Waals surface area contributed by atoms with Crippen molar-refractivity contribution in [2.45, 2.75) is 50.7 Å². The summed E-state index contributed by atoms with van der Waals surface area (Å²) in [5, 5.41) is -0.508. The molecule has 3 nitrogen and oxygen atoms in total. The van der Waals surface area contributed by atoms with Crippen LogP contribution in [-0.4, -0.2) is 33.2 Å². The number of Topliss-reactive ketones (excluding diaryl/α,β-unsaturated/α-hetero) is 1. The van der Waals surface area contributed by atoms with E-state index >= 15 is 0 Å². The van der Waals surface area contributed by atoms with Crippen LogP contribution in [0.2, 0.25) is 0 Å². The van der Waals surface area contributed by atoms with E-state index in [0.717, 1.165) is 17.5 Å². The van der Waals surface area contributed by atoms with E-state index in [4.69, 9.17) is 4.74 Å². The molecule has 2 rings (SSSR count). The van der Waals surface area contributed by atoms with Gasteiger partial charge in [-0.3, -0.25) is 9.00 Å². The van der Waals surface area contributed by atoms with Gasteiger partial charge in [-0.05, 0) is 51.3 Å². The highest BCUT2D eigenvalue weighted by molar-refractivity contribution is 7.87. The zero-order valence-electron chi connectivity index (χ0n) is 12.5.